The molecule has 0 bridgehead atoms. The van der Waals surface area contributed by atoms with Gasteiger partial charge in [0.1, 0.15) is 5.75 Å². The molecular weight excluding hydrogens is 202 g/mol. The Labute approximate surface area is 96.5 Å². The number of hydrogen-bond acceptors (Lipinski definition) is 3. The van der Waals surface area contributed by atoms with Gasteiger partial charge in [-0.25, -0.2) is 0 Å². The lowest BCUT2D eigenvalue weighted by Crippen LogP contribution is -2.06. The molecule has 88 valence electrons. The Bertz CT molecular complexity index is 304. The molecule has 1 unspecified atom stereocenters. The van der Waals surface area contributed by atoms with Gasteiger partial charge in [-0.3, -0.25) is 0 Å². The van der Waals surface area contributed by atoms with Crippen LogP contribution < -0.4 is 10.5 Å². The van der Waals surface area contributed by atoms with Gasteiger partial charge >= 0.3 is 0 Å². The molecule has 1 aromatic rings. The first kappa shape index (κ1) is 11.4. The van der Waals surface area contributed by atoms with Crippen LogP contribution in [-0.4, -0.2) is 26.4 Å². The second-order valence-corrected chi connectivity index (χ2v) is 4.12. The van der Waals surface area contributed by atoms with Crippen LogP contribution in [-0.2, 0) is 4.74 Å². The average molecular weight is 221 g/mol. The molecule has 1 saturated heterocycles. The van der Waals surface area contributed by atoms with Crippen LogP contribution >= 0.6 is 0 Å². The Morgan fingerprint density at radius 2 is 2.12 bits per heavy atom. The highest BCUT2D eigenvalue weighted by Crippen LogP contribution is 2.26. The van der Waals surface area contributed by atoms with Crippen LogP contribution in [0.2, 0.25) is 0 Å². The van der Waals surface area contributed by atoms with Gasteiger partial charge in [0.15, 0.2) is 0 Å². The van der Waals surface area contributed by atoms with E-state index in [1.807, 2.05) is 12.1 Å². The average Bonchev–Trinajstić information content (AvgIpc) is 2.84. The van der Waals surface area contributed by atoms with Crippen molar-refractivity contribution in [2.24, 2.45) is 5.73 Å². The molecule has 0 aliphatic carbocycles. The molecule has 1 aliphatic heterocycles. The van der Waals surface area contributed by atoms with Crippen LogP contribution in [0, 0.1) is 0 Å². The summed E-state index contributed by atoms with van der Waals surface area (Å²) in [4.78, 5) is 0. The maximum Gasteiger partial charge on any atom is 0.119 e. The van der Waals surface area contributed by atoms with Crippen molar-refractivity contribution in [3.05, 3.63) is 29.8 Å². The zero-order chi connectivity index (χ0) is 11.2. The predicted molar refractivity (Wildman–Crippen MR) is 63.8 cm³/mol. The highest BCUT2D eigenvalue weighted by atomic mass is 16.5. The molecule has 2 N–H and O–H groups in total. The maximum absolute atomic E-state index is 5.55. The van der Waals surface area contributed by atoms with E-state index in [-0.39, 0.29) is 0 Å². The molecule has 3 heteroatoms. The molecule has 0 amide bonds. The third kappa shape index (κ3) is 2.97. The number of benzene rings is 1. The van der Waals surface area contributed by atoms with E-state index in [0.717, 1.165) is 31.8 Å². The van der Waals surface area contributed by atoms with Gasteiger partial charge < -0.3 is 15.2 Å². The van der Waals surface area contributed by atoms with E-state index < -0.39 is 0 Å². The summed E-state index contributed by atoms with van der Waals surface area (Å²) in [6, 6.07) is 8.34. The Hall–Kier alpha value is -1.06. The van der Waals surface area contributed by atoms with Crippen molar-refractivity contribution >= 4 is 0 Å². The molecule has 3 nitrogen and oxygen atoms in total. The number of nitrogens with two attached hydrogens (primary N) is 1. The SMILES string of the molecule is NCCCOc1ccc(C2CCOC2)cc1. The summed E-state index contributed by atoms with van der Waals surface area (Å²) in [6.07, 6.45) is 2.03. The lowest BCUT2D eigenvalue weighted by molar-refractivity contribution is 0.194. The monoisotopic (exact) mass is 221 g/mol. The summed E-state index contributed by atoms with van der Waals surface area (Å²) >= 11 is 0. The summed E-state index contributed by atoms with van der Waals surface area (Å²) < 4.78 is 10.9. The minimum Gasteiger partial charge on any atom is -0.494 e. The summed E-state index contributed by atoms with van der Waals surface area (Å²) in [5.74, 6) is 1.49. The zero-order valence-corrected chi connectivity index (χ0v) is 9.52. The van der Waals surface area contributed by atoms with Gasteiger partial charge in [0.2, 0.25) is 0 Å². The molecule has 1 aromatic carbocycles. The predicted octanol–water partition coefficient (Wildman–Crippen LogP) is 1.92. The molecule has 0 aromatic heterocycles. The molecule has 1 heterocycles. The van der Waals surface area contributed by atoms with Crippen LogP contribution in [0.1, 0.15) is 24.3 Å². The molecule has 16 heavy (non-hydrogen) atoms. The molecular formula is C13H19NO2. The summed E-state index contributed by atoms with van der Waals surface area (Å²) in [5, 5.41) is 0. The maximum atomic E-state index is 5.55. The second kappa shape index (κ2) is 5.87. The quantitative estimate of drug-likeness (QED) is 0.772. The fourth-order valence-electron chi connectivity index (χ4n) is 1.91. The molecule has 1 atom stereocenters. The number of rotatable bonds is 5. The largest absolute Gasteiger partial charge is 0.494 e. The summed E-state index contributed by atoms with van der Waals surface area (Å²) in [7, 11) is 0. The van der Waals surface area contributed by atoms with E-state index in [2.05, 4.69) is 12.1 Å². The summed E-state index contributed by atoms with van der Waals surface area (Å²) in [6.45, 7) is 3.12. The van der Waals surface area contributed by atoms with Gasteiger partial charge in [-0.2, -0.15) is 0 Å². The zero-order valence-electron chi connectivity index (χ0n) is 9.52. The van der Waals surface area contributed by atoms with Crippen molar-refractivity contribution in [1.82, 2.24) is 0 Å². The first-order chi connectivity index (χ1) is 7.90. The lowest BCUT2D eigenvalue weighted by atomic mass is 9.99. The molecule has 2 rings (SSSR count). The Balaban J connectivity index is 1.88. The van der Waals surface area contributed by atoms with Crippen molar-refractivity contribution in [2.75, 3.05) is 26.4 Å². The van der Waals surface area contributed by atoms with Gasteiger partial charge in [-0.15, -0.1) is 0 Å². The standard InChI is InChI=1S/C13H19NO2/c14-7-1-8-16-13-4-2-11(3-5-13)12-6-9-15-10-12/h2-5,12H,1,6-10,14H2. The van der Waals surface area contributed by atoms with Gasteiger partial charge in [-0.05, 0) is 37.1 Å². The fourth-order valence-corrected chi connectivity index (χ4v) is 1.91. The van der Waals surface area contributed by atoms with Gasteiger partial charge in [0, 0.05) is 12.5 Å². The highest BCUT2D eigenvalue weighted by molar-refractivity contribution is 5.29. The van der Waals surface area contributed by atoms with Crippen LogP contribution in [0.4, 0.5) is 0 Å². The van der Waals surface area contributed by atoms with E-state index in [0.29, 0.717) is 19.1 Å². The van der Waals surface area contributed by atoms with E-state index in [9.17, 15) is 0 Å². The minimum atomic E-state index is 0.568. The minimum absolute atomic E-state index is 0.568. The lowest BCUT2D eigenvalue weighted by Gasteiger charge is -2.09. The van der Waals surface area contributed by atoms with Crippen molar-refractivity contribution in [3.63, 3.8) is 0 Å². The van der Waals surface area contributed by atoms with E-state index in [4.69, 9.17) is 15.2 Å². The smallest absolute Gasteiger partial charge is 0.119 e. The van der Waals surface area contributed by atoms with Crippen molar-refractivity contribution in [3.8, 4) is 5.75 Å². The van der Waals surface area contributed by atoms with Crippen LogP contribution in [0.25, 0.3) is 0 Å². The van der Waals surface area contributed by atoms with Crippen molar-refractivity contribution in [1.29, 1.82) is 0 Å². The number of hydrogen-bond donors (Lipinski definition) is 1. The fraction of sp³-hybridized carbons (Fsp3) is 0.538. The normalized spacial score (nSPS) is 19.9. The topological polar surface area (TPSA) is 44.5 Å². The third-order valence-corrected chi connectivity index (χ3v) is 2.90. The van der Waals surface area contributed by atoms with Gasteiger partial charge in [0.25, 0.3) is 0 Å². The van der Waals surface area contributed by atoms with Gasteiger partial charge in [-0.1, -0.05) is 12.1 Å². The van der Waals surface area contributed by atoms with E-state index >= 15 is 0 Å². The molecule has 0 saturated carbocycles. The van der Waals surface area contributed by atoms with Crippen molar-refractivity contribution in [2.45, 2.75) is 18.8 Å². The third-order valence-electron chi connectivity index (χ3n) is 2.90. The van der Waals surface area contributed by atoms with Crippen LogP contribution in [0.15, 0.2) is 24.3 Å². The first-order valence-electron chi connectivity index (χ1n) is 5.90. The molecule has 0 spiro atoms. The van der Waals surface area contributed by atoms with E-state index in [1.165, 1.54) is 5.56 Å². The first-order valence-corrected chi connectivity index (χ1v) is 5.90. The Morgan fingerprint density at radius 1 is 1.31 bits per heavy atom. The van der Waals surface area contributed by atoms with Gasteiger partial charge in [0.05, 0.1) is 13.2 Å². The Kier molecular flexibility index (Phi) is 4.19. The Morgan fingerprint density at radius 3 is 2.75 bits per heavy atom. The number of ether oxygens (including phenoxy) is 2. The highest BCUT2D eigenvalue weighted by Gasteiger charge is 2.17. The molecule has 1 aliphatic rings. The van der Waals surface area contributed by atoms with Crippen LogP contribution in [0.5, 0.6) is 5.75 Å². The van der Waals surface area contributed by atoms with Crippen molar-refractivity contribution < 1.29 is 9.47 Å². The second-order valence-electron chi connectivity index (χ2n) is 4.12. The van der Waals surface area contributed by atoms with Crippen LogP contribution in [0.3, 0.4) is 0 Å². The van der Waals surface area contributed by atoms with E-state index in [1.54, 1.807) is 0 Å². The summed E-state index contributed by atoms with van der Waals surface area (Å²) in [5.41, 5.74) is 6.76. The molecule has 0 radical (unpaired) electrons. The molecule has 1 fully saturated rings.